The van der Waals surface area contributed by atoms with Crippen LogP contribution in [0.25, 0.3) is 0 Å². The van der Waals surface area contributed by atoms with Crippen LogP contribution in [-0.4, -0.2) is 54.9 Å². The summed E-state index contributed by atoms with van der Waals surface area (Å²) in [6.07, 6.45) is 7.46. The molecule has 0 N–H and O–H groups in total. The standard InChI is InChI=1S/C10H20O5Si.C8H14O/c1-9(2)10(11)15-7-6-8-16(12-3,13-4)14-5;1-2-6-3-4-7-8(5-6)9-7/h1,6-8H2,2-5H3;6-8H,2-5H2,1H3. The van der Waals surface area contributed by atoms with Crippen molar-refractivity contribution in [1.29, 1.82) is 0 Å². The Bertz CT molecular complexity index is 416. The number of fused-ring (bicyclic) bond motifs is 1. The zero-order valence-corrected chi connectivity index (χ0v) is 17.3. The van der Waals surface area contributed by atoms with Crippen molar-refractivity contribution in [3.63, 3.8) is 0 Å². The van der Waals surface area contributed by atoms with Crippen LogP contribution in [0.5, 0.6) is 0 Å². The van der Waals surface area contributed by atoms with Crippen LogP contribution >= 0.6 is 0 Å². The molecule has 146 valence electrons. The summed E-state index contributed by atoms with van der Waals surface area (Å²) in [6.45, 7) is 7.70. The first kappa shape index (κ1) is 22.3. The van der Waals surface area contributed by atoms with Crippen LogP contribution in [0.2, 0.25) is 6.04 Å². The predicted octanol–water partition coefficient (Wildman–Crippen LogP) is 3.34. The first-order valence-corrected chi connectivity index (χ1v) is 11.0. The lowest BCUT2D eigenvalue weighted by Crippen LogP contribution is -2.42. The molecule has 2 aliphatic rings. The van der Waals surface area contributed by atoms with Crippen molar-refractivity contribution in [3.05, 3.63) is 12.2 Å². The van der Waals surface area contributed by atoms with E-state index in [1.807, 2.05) is 0 Å². The molecule has 1 saturated carbocycles. The summed E-state index contributed by atoms with van der Waals surface area (Å²) in [5.41, 5.74) is 0.397. The highest BCUT2D eigenvalue weighted by Gasteiger charge is 2.43. The van der Waals surface area contributed by atoms with E-state index in [0.717, 1.165) is 5.92 Å². The van der Waals surface area contributed by atoms with Crippen molar-refractivity contribution >= 4 is 14.8 Å². The van der Waals surface area contributed by atoms with Crippen LogP contribution < -0.4 is 0 Å². The molecule has 0 aromatic rings. The average molecular weight is 375 g/mol. The second-order valence-electron chi connectivity index (χ2n) is 6.62. The molecular weight excluding hydrogens is 340 g/mol. The summed E-state index contributed by atoms with van der Waals surface area (Å²) in [5.74, 6) is 0.605. The number of rotatable bonds is 9. The molecule has 0 radical (unpaired) electrons. The number of hydrogen-bond acceptors (Lipinski definition) is 6. The molecule has 1 aliphatic heterocycles. The van der Waals surface area contributed by atoms with Crippen LogP contribution in [0.15, 0.2) is 12.2 Å². The van der Waals surface area contributed by atoms with Crippen LogP contribution in [-0.2, 0) is 27.5 Å². The van der Waals surface area contributed by atoms with Crippen LogP contribution in [0.3, 0.4) is 0 Å². The molecular formula is C18H34O6Si. The molecule has 3 unspecified atom stereocenters. The van der Waals surface area contributed by atoms with Gasteiger partial charge in [-0.25, -0.2) is 4.79 Å². The molecule has 1 aliphatic carbocycles. The summed E-state index contributed by atoms with van der Waals surface area (Å²) >= 11 is 0. The van der Waals surface area contributed by atoms with Crippen LogP contribution in [0.4, 0.5) is 0 Å². The molecule has 1 saturated heterocycles. The molecule has 0 bridgehead atoms. The van der Waals surface area contributed by atoms with Crippen molar-refractivity contribution in [2.75, 3.05) is 27.9 Å². The van der Waals surface area contributed by atoms with Gasteiger partial charge in [-0.2, -0.15) is 0 Å². The number of carbonyl (C=O) groups excluding carboxylic acids is 1. The maximum absolute atomic E-state index is 11.1. The van der Waals surface area contributed by atoms with E-state index in [0.29, 0.717) is 36.9 Å². The van der Waals surface area contributed by atoms with Gasteiger partial charge in [-0.15, -0.1) is 0 Å². The Labute approximate surface area is 153 Å². The second kappa shape index (κ2) is 11.1. The highest BCUT2D eigenvalue weighted by Crippen LogP contribution is 2.40. The first-order valence-electron chi connectivity index (χ1n) is 9.04. The molecule has 2 rings (SSSR count). The Morgan fingerprint density at radius 2 is 1.80 bits per heavy atom. The maximum Gasteiger partial charge on any atom is 0.500 e. The van der Waals surface area contributed by atoms with Crippen LogP contribution in [0, 0.1) is 5.92 Å². The Balaban J connectivity index is 0.000000286. The number of carbonyl (C=O) groups is 1. The Kier molecular flexibility index (Phi) is 9.89. The van der Waals surface area contributed by atoms with Gasteiger partial charge in [0.1, 0.15) is 0 Å². The predicted molar refractivity (Wildman–Crippen MR) is 98.3 cm³/mol. The van der Waals surface area contributed by atoms with Gasteiger partial charge in [0.05, 0.1) is 18.8 Å². The molecule has 2 fully saturated rings. The quantitative estimate of drug-likeness (QED) is 0.203. The van der Waals surface area contributed by atoms with Crippen molar-refractivity contribution in [2.24, 2.45) is 5.92 Å². The average Bonchev–Trinajstić information content (AvgIpc) is 3.41. The van der Waals surface area contributed by atoms with E-state index in [-0.39, 0.29) is 5.97 Å². The van der Waals surface area contributed by atoms with E-state index in [1.54, 1.807) is 28.3 Å². The fraction of sp³-hybridized carbons (Fsp3) is 0.833. The van der Waals surface area contributed by atoms with Gasteiger partial charge in [-0.3, -0.25) is 0 Å². The lowest BCUT2D eigenvalue weighted by molar-refractivity contribution is -0.139. The third-order valence-corrected chi connectivity index (χ3v) is 7.66. The fourth-order valence-electron chi connectivity index (χ4n) is 2.99. The summed E-state index contributed by atoms with van der Waals surface area (Å²) in [7, 11) is 2.13. The van der Waals surface area contributed by atoms with E-state index in [2.05, 4.69) is 13.5 Å². The normalized spacial score (nSPS) is 24.6. The molecule has 25 heavy (non-hydrogen) atoms. The van der Waals surface area contributed by atoms with Gasteiger partial charge in [-0.05, 0) is 38.5 Å². The van der Waals surface area contributed by atoms with Gasteiger partial charge in [0.25, 0.3) is 0 Å². The lowest BCUT2D eigenvalue weighted by Gasteiger charge is -2.24. The van der Waals surface area contributed by atoms with Gasteiger partial charge < -0.3 is 22.8 Å². The van der Waals surface area contributed by atoms with Crippen LogP contribution in [0.1, 0.15) is 46.0 Å². The second-order valence-corrected chi connectivity index (χ2v) is 9.71. The minimum Gasteiger partial charge on any atom is -0.462 e. The van der Waals surface area contributed by atoms with Crippen molar-refractivity contribution in [2.45, 2.75) is 64.2 Å². The summed E-state index contributed by atoms with van der Waals surface area (Å²) in [4.78, 5) is 11.1. The summed E-state index contributed by atoms with van der Waals surface area (Å²) in [5, 5.41) is 0. The van der Waals surface area contributed by atoms with Gasteiger partial charge >= 0.3 is 14.8 Å². The SMILES string of the molecule is C=C(C)C(=O)OCCC[Si](OC)(OC)OC.CCC1CCC2OC2C1. The molecule has 0 spiro atoms. The van der Waals surface area contributed by atoms with E-state index in [4.69, 9.17) is 22.8 Å². The van der Waals surface area contributed by atoms with Crippen molar-refractivity contribution in [1.82, 2.24) is 0 Å². The maximum atomic E-state index is 11.1. The van der Waals surface area contributed by atoms with E-state index < -0.39 is 8.80 Å². The summed E-state index contributed by atoms with van der Waals surface area (Å²) < 4.78 is 26.0. The highest BCUT2D eigenvalue weighted by molar-refractivity contribution is 6.60. The molecule has 0 amide bonds. The Morgan fingerprint density at radius 3 is 2.28 bits per heavy atom. The van der Waals surface area contributed by atoms with Crippen molar-refractivity contribution < 1.29 is 27.5 Å². The van der Waals surface area contributed by atoms with Gasteiger partial charge in [-0.1, -0.05) is 19.9 Å². The zero-order valence-electron chi connectivity index (χ0n) is 16.3. The van der Waals surface area contributed by atoms with Gasteiger partial charge in [0.2, 0.25) is 0 Å². The first-order chi connectivity index (χ1) is 11.9. The third-order valence-electron chi connectivity index (χ3n) is 4.83. The zero-order chi connectivity index (χ0) is 18.9. The summed E-state index contributed by atoms with van der Waals surface area (Å²) in [6, 6.07) is 0.611. The van der Waals surface area contributed by atoms with E-state index in [1.165, 1.54) is 25.7 Å². The number of esters is 1. The smallest absolute Gasteiger partial charge is 0.462 e. The number of hydrogen-bond donors (Lipinski definition) is 0. The minimum atomic E-state index is -2.53. The Hall–Kier alpha value is -0.733. The van der Waals surface area contributed by atoms with E-state index in [9.17, 15) is 4.79 Å². The Morgan fingerprint density at radius 1 is 1.16 bits per heavy atom. The topological polar surface area (TPSA) is 66.5 Å². The monoisotopic (exact) mass is 374 g/mol. The molecule has 0 aromatic carbocycles. The van der Waals surface area contributed by atoms with Crippen molar-refractivity contribution in [3.8, 4) is 0 Å². The molecule has 1 heterocycles. The minimum absolute atomic E-state index is 0.316. The largest absolute Gasteiger partial charge is 0.500 e. The molecule has 0 aromatic heterocycles. The third kappa shape index (κ3) is 7.58. The number of ether oxygens (including phenoxy) is 2. The van der Waals surface area contributed by atoms with Gasteiger partial charge in [0, 0.05) is 32.9 Å². The fourth-order valence-corrected chi connectivity index (χ4v) is 4.68. The van der Waals surface area contributed by atoms with E-state index >= 15 is 0 Å². The molecule has 7 heteroatoms. The number of epoxide rings is 1. The lowest BCUT2D eigenvalue weighted by atomic mass is 9.88. The highest BCUT2D eigenvalue weighted by atomic mass is 28.4. The van der Waals surface area contributed by atoms with Gasteiger partial charge in [0.15, 0.2) is 0 Å². The molecule has 3 atom stereocenters. The molecule has 6 nitrogen and oxygen atoms in total.